The Morgan fingerprint density at radius 3 is 2.80 bits per heavy atom. The first-order valence-electron chi connectivity index (χ1n) is 7.27. The predicted molar refractivity (Wildman–Crippen MR) is 80.6 cm³/mol. The molecule has 0 unspecified atom stereocenters. The van der Waals surface area contributed by atoms with Crippen LogP contribution in [0.25, 0.3) is 0 Å². The zero-order chi connectivity index (χ0) is 14.7. The van der Waals surface area contributed by atoms with Gasteiger partial charge in [-0.15, -0.1) is 10.2 Å². The molecule has 20 heavy (non-hydrogen) atoms. The molecule has 0 aromatic carbocycles. The Bertz CT molecular complexity index is 474. The number of thioether (sulfide) groups is 1. The van der Waals surface area contributed by atoms with E-state index in [1.165, 1.54) is 24.6 Å². The SMILES string of the molecule is Cc1nnc(SCC(=O)N[C@@H]2CCC[C@@H](C)[C@@H]2C)n1C. The second-order valence-corrected chi connectivity index (χ2v) is 6.76. The first-order valence-corrected chi connectivity index (χ1v) is 8.25. The zero-order valence-corrected chi connectivity index (χ0v) is 13.5. The van der Waals surface area contributed by atoms with E-state index in [1.807, 2.05) is 18.5 Å². The highest BCUT2D eigenvalue weighted by Crippen LogP contribution is 2.29. The molecule has 1 fully saturated rings. The molecule has 1 aliphatic rings. The van der Waals surface area contributed by atoms with Crippen LogP contribution in [0, 0.1) is 18.8 Å². The van der Waals surface area contributed by atoms with Gasteiger partial charge in [0.1, 0.15) is 5.82 Å². The third kappa shape index (κ3) is 3.53. The average molecular weight is 296 g/mol. The molecular formula is C14H24N4OS. The normalized spacial score (nSPS) is 26.5. The van der Waals surface area contributed by atoms with Gasteiger partial charge in [-0.1, -0.05) is 38.5 Å². The fraction of sp³-hybridized carbons (Fsp3) is 0.786. The maximum absolute atomic E-state index is 12.1. The van der Waals surface area contributed by atoms with Crippen molar-refractivity contribution in [2.75, 3.05) is 5.75 Å². The van der Waals surface area contributed by atoms with E-state index in [0.717, 1.165) is 17.4 Å². The summed E-state index contributed by atoms with van der Waals surface area (Å²) >= 11 is 1.44. The van der Waals surface area contributed by atoms with Crippen molar-refractivity contribution in [3.05, 3.63) is 5.82 Å². The summed E-state index contributed by atoms with van der Waals surface area (Å²) < 4.78 is 1.91. The van der Waals surface area contributed by atoms with Crippen LogP contribution in [0.3, 0.4) is 0 Å². The molecule has 0 saturated heterocycles. The minimum atomic E-state index is 0.0987. The number of hydrogen-bond donors (Lipinski definition) is 1. The molecule has 1 aliphatic carbocycles. The van der Waals surface area contributed by atoms with Crippen molar-refractivity contribution in [2.45, 2.75) is 51.2 Å². The van der Waals surface area contributed by atoms with Crippen LogP contribution in [-0.4, -0.2) is 32.5 Å². The lowest BCUT2D eigenvalue weighted by Gasteiger charge is -2.34. The van der Waals surface area contributed by atoms with Crippen molar-refractivity contribution in [2.24, 2.45) is 18.9 Å². The number of carbonyl (C=O) groups excluding carboxylic acids is 1. The second kappa shape index (κ2) is 6.61. The van der Waals surface area contributed by atoms with Crippen LogP contribution < -0.4 is 5.32 Å². The molecule has 112 valence electrons. The minimum Gasteiger partial charge on any atom is -0.352 e. The molecule has 1 aromatic heterocycles. The van der Waals surface area contributed by atoms with Crippen LogP contribution >= 0.6 is 11.8 Å². The van der Waals surface area contributed by atoms with Crippen molar-refractivity contribution in [3.8, 4) is 0 Å². The van der Waals surface area contributed by atoms with Gasteiger partial charge in [0.05, 0.1) is 5.75 Å². The first kappa shape index (κ1) is 15.4. The maximum atomic E-state index is 12.1. The lowest BCUT2D eigenvalue weighted by atomic mass is 9.78. The van der Waals surface area contributed by atoms with E-state index in [1.54, 1.807) is 0 Å². The summed E-state index contributed by atoms with van der Waals surface area (Å²) in [6.07, 6.45) is 3.59. The summed E-state index contributed by atoms with van der Waals surface area (Å²) in [5.41, 5.74) is 0. The number of rotatable bonds is 4. The third-order valence-electron chi connectivity index (χ3n) is 4.44. The molecule has 1 amide bonds. The highest BCUT2D eigenvalue weighted by atomic mass is 32.2. The van der Waals surface area contributed by atoms with E-state index in [-0.39, 0.29) is 5.91 Å². The molecule has 1 saturated carbocycles. The van der Waals surface area contributed by atoms with Gasteiger partial charge in [0.25, 0.3) is 0 Å². The summed E-state index contributed by atoms with van der Waals surface area (Å²) in [6, 6.07) is 0.327. The van der Waals surface area contributed by atoms with Crippen molar-refractivity contribution in [1.29, 1.82) is 0 Å². The lowest BCUT2D eigenvalue weighted by Crippen LogP contribution is -2.44. The Hall–Kier alpha value is -1.04. The molecule has 0 radical (unpaired) electrons. The highest BCUT2D eigenvalue weighted by molar-refractivity contribution is 7.99. The fourth-order valence-corrected chi connectivity index (χ4v) is 3.45. The van der Waals surface area contributed by atoms with Gasteiger partial charge in [-0.2, -0.15) is 0 Å². The summed E-state index contributed by atoms with van der Waals surface area (Å²) in [5.74, 6) is 2.63. The predicted octanol–water partition coefficient (Wildman–Crippen LogP) is 2.16. The second-order valence-electron chi connectivity index (χ2n) is 5.82. The molecule has 2 rings (SSSR count). The van der Waals surface area contributed by atoms with Gasteiger partial charge < -0.3 is 9.88 Å². The standard InChI is InChI=1S/C14H24N4OS/c1-9-6-5-7-12(10(9)2)15-13(19)8-20-14-17-16-11(3)18(14)4/h9-10,12H,5-8H2,1-4H3,(H,15,19)/t9-,10+,12-/m1/s1. The van der Waals surface area contributed by atoms with E-state index < -0.39 is 0 Å². The molecule has 5 nitrogen and oxygen atoms in total. The quantitative estimate of drug-likeness (QED) is 0.865. The minimum absolute atomic E-state index is 0.0987. The summed E-state index contributed by atoms with van der Waals surface area (Å²) in [4.78, 5) is 12.1. The average Bonchev–Trinajstić information content (AvgIpc) is 2.73. The molecule has 1 aromatic rings. The Balaban J connectivity index is 1.82. The van der Waals surface area contributed by atoms with Crippen molar-refractivity contribution >= 4 is 17.7 Å². The molecular weight excluding hydrogens is 272 g/mol. The molecule has 0 bridgehead atoms. The van der Waals surface area contributed by atoms with Crippen LogP contribution in [0.1, 0.15) is 38.9 Å². The van der Waals surface area contributed by atoms with Gasteiger partial charge in [-0.3, -0.25) is 4.79 Å². The monoisotopic (exact) mass is 296 g/mol. The van der Waals surface area contributed by atoms with Crippen LogP contribution in [0.5, 0.6) is 0 Å². The molecule has 0 spiro atoms. The van der Waals surface area contributed by atoms with Gasteiger partial charge in [0, 0.05) is 13.1 Å². The van der Waals surface area contributed by atoms with Crippen molar-refractivity contribution in [1.82, 2.24) is 20.1 Å². The smallest absolute Gasteiger partial charge is 0.230 e. The number of carbonyl (C=O) groups is 1. The summed E-state index contributed by atoms with van der Waals surface area (Å²) in [5, 5.41) is 12.0. The van der Waals surface area contributed by atoms with E-state index in [0.29, 0.717) is 23.6 Å². The Morgan fingerprint density at radius 1 is 1.40 bits per heavy atom. The van der Waals surface area contributed by atoms with Gasteiger partial charge in [0.15, 0.2) is 5.16 Å². The molecule has 0 aliphatic heterocycles. The number of aryl methyl sites for hydroxylation is 1. The van der Waals surface area contributed by atoms with E-state index in [9.17, 15) is 4.79 Å². The number of amides is 1. The van der Waals surface area contributed by atoms with Gasteiger partial charge >= 0.3 is 0 Å². The van der Waals surface area contributed by atoms with E-state index >= 15 is 0 Å². The summed E-state index contributed by atoms with van der Waals surface area (Å²) in [6.45, 7) is 6.43. The molecule has 6 heteroatoms. The largest absolute Gasteiger partial charge is 0.352 e. The lowest BCUT2D eigenvalue weighted by molar-refractivity contribution is -0.120. The number of aromatic nitrogens is 3. The van der Waals surface area contributed by atoms with Crippen molar-refractivity contribution in [3.63, 3.8) is 0 Å². The first-order chi connectivity index (χ1) is 9.49. The molecule has 3 atom stereocenters. The molecule has 1 heterocycles. The molecule has 1 N–H and O–H groups in total. The summed E-state index contributed by atoms with van der Waals surface area (Å²) in [7, 11) is 1.92. The Kier molecular flexibility index (Phi) is 5.07. The van der Waals surface area contributed by atoms with Crippen LogP contribution in [0.4, 0.5) is 0 Å². The maximum Gasteiger partial charge on any atom is 0.230 e. The van der Waals surface area contributed by atoms with Gasteiger partial charge in [-0.05, 0) is 25.2 Å². The van der Waals surface area contributed by atoms with Gasteiger partial charge in [0.2, 0.25) is 5.91 Å². The van der Waals surface area contributed by atoms with Gasteiger partial charge in [-0.25, -0.2) is 0 Å². The van der Waals surface area contributed by atoms with Crippen molar-refractivity contribution < 1.29 is 4.79 Å². The zero-order valence-electron chi connectivity index (χ0n) is 12.7. The van der Waals surface area contributed by atoms with Crippen LogP contribution in [0.2, 0.25) is 0 Å². The number of hydrogen-bond acceptors (Lipinski definition) is 4. The Labute approximate surface area is 124 Å². The highest BCUT2D eigenvalue weighted by Gasteiger charge is 2.28. The third-order valence-corrected chi connectivity index (χ3v) is 5.46. The van der Waals surface area contributed by atoms with Crippen LogP contribution in [0.15, 0.2) is 5.16 Å². The van der Waals surface area contributed by atoms with E-state index in [2.05, 4.69) is 29.4 Å². The topological polar surface area (TPSA) is 59.8 Å². The fourth-order valence-electron chi connectivity index (χ4n) is 2.68. The number of nitrogens with one attached hydrogen (secondary N) is 1. The van der Waals surface area contributed by atoms with Crippen LogP contribution in [-0.2, 0) is 11.8 Å². The van der Waals surface area contributed by atoms with E-state index in [4.69, 9.17) is 0 Å². The Morgan fingerprint density at radius 2 is 2.15 bits per heavy atom. The number of nitrogens with zero attached hydrogens (tertiary/aromatic N) is 3.